The highest BCUT2D eigenvalue weighted by Gasteiger charge is 2.28. The summed E-state index contributed by atoms with van der Waals surface area (Å²) in [6, 6.07) is 34.7. The van der Waals surface area contributed by atoms with Gasteiger partial charge in [-0.25, -0.2) is 9.97 Å². The highest BCUT2D eigenvalue weighted by atomic mass is 35.5. The van der Waals surface area contributed by atoms with E-state index in [-0.39, 0.29) is 12.4 Å². The average Bonchev–Trinajstić information content (AvgIpc) is 3.73. The Balaban J connectivity index is 0.000000177. The van der Waals surface area contributed by atoms with Gasteiger partial charge in [0, 0.05) is 60.3 Å². The maximum absolute atomic E-state index is 6.00. The van der Waals surface area contributed by atoms with Crippen molar-refractivity contribution >= 4 is 11.4 Å². The number of benzene rings is 4. The second-order valence-electron chi connectivity index (χ2n) is 12.0. The third-order valence-electron chi connectivity index (χ3n) is 7.69. The number of oxazole rings is 2. The first-order chi connectivity index (χ1) is 21.3. The van der Waals surface area contributed by atoms with Crippen molar-refractivity contribution in [2.75, 3.05) is 51.7 Å². The molecular formula is C37H38ClN5O2. The Hall–Kier alpha value is -4.85. The molecule has 7 nitrogen and oxygen atoms in total. The quantitative estimate of drug-likeness (QED) is 0.251. The SMILES string of the molecule is CN(C)c1ccc(-c2ncc(-c3ccccc3)o2)cc1.CN1C[N+](C)(C)Cc2cc(-c3ncc(-c4ccccc4)o3)ccc21.[Cl-]. The zero-order valence-corrected chi connectivity index (χ0v) is 27.1. The van der Waals surface area contributed by atoms with Crippen LogP contribution in [0.2, 0.25) is 0 Å². The van der Waals surface area contributed by atoms with Gasteiger partial charge in [0.25, 0.3) is 0 Å². The average molecular weight is 620 g/mol. The van der Waals surface area contributed by atoms with E-state index in [0.29, 0.717) is 11.8 Å². The molecule has 1 aliphatic rings. The lowest BCUT2D eigenvalue weighted by molar-refractivity contribution is -0.904. The van der Waals surface area contributed by atoms with E-state index >= 15 is 0 Å². The molecule has 0 spiro atoms. The van der Waals surface area contributed by atoms with Crippen LogP contribution in [0, 0.1) is 0 Å². The fourth-order valence-electron chi connectivity index (χ4n) is 5.57. The maximum atomic E-state index is 6.00. The number of hydrogen-bond acceptors (Lipinski definition) is 6. The summed E-state index contributed by atoms with van der Waals surface area (Å²) >= 11 is 0. The first-order valence-corrected chi connectivity index (χ1v) is 14.7. The zero-order valence-electron chi connectivity index (χ0n) is 26.3. The van der Waals surface area contributed by atoms with E-state index in [0.717, 1.165) is 57.2 Å². The van der Waals surface area contributed by atoms with Crippen molar-refractivity contribution in [3.05, 3.63) is 121 Å². The van der Waals surface area contributed by atoms with Gasteiger partial charge in [-0.3, -0.25) is 0 Å². The molecule has 0 saturated carbocycles. The van der Waals surface area contributed by atoms with Crippen molar-refractivity contribution < 1.29 is 25.7 Å². The molecular weight excluding hydrogens is 582 g/mol. The monoisotopic (exact) mass is 619 g/mol. The van der Waals surface area contributed by atoms with Crippen molar-refractivity contribution in [3.63, 3.8) is 0 Å². The van der Waals surface area contributed by atoms with E-state index in [2.05, 4.69) is 71.2 Å². The summed E-state index contributed by atoms with van der Waals surface area (Å²) in [7, 11) is 10.7. The molecule has 0 bridgehead atoms. The molecule has 230 valence electrons. The van der Waals surface area contributed by atoms with Gasteiger partial charge in [0.15, 0.2) is 18.2 Å². The molecule has 0 N–H and O–H groups in total. The molecule has 0 unspecified atom stereocenters. The van der Waals surface area contributed by atoms with E-state index in [1.54, 1.807) is 12.4 Å². The fraction of sp³-hybridized carbons (Fsp3) is 0.189. The highest BCUT2D eigenvalue weighted by Crippen LogP contribution is 2.33. The van der Waals surface area contributed by atoms with Crippen LogP contribution in [-0.4, -0.2) is 56.4 Å². The minimum atomic E-state index is 0. The Morgan fingerprint density at radius 2 is 1.18 bits per heavy atom. The van der Waals surface area contributed by atoms with Gasteiger partial charge in [-0.1, -0.05) is 60.7 Å². The molecule has 6 aromatic rings. The van der Waals surface area contributed by atoms with E-state index in [4.69, 9.17) is 8.83 Å². The van der Waals surface area contributed by atoms with Gasteiger partial charge < -0.3 is 35.5 Å². The molecule has 0 fully saturated rings. The van der Waals surface area contributed by atoms with E-state index < -0.39 is 0 Å². The van der Waals surface area contributed by atoms with Gasteiger partial charge in [-0.2, -0.15) is 0 Å². The molecule has 0 atom stereocenters. The molecule has 45 heavy (non-hydrogen) atoms. The largest absolute Gasteiger partial charge is 1.00 e. The molecule has 0 radical (unpaired) electrons. The van der Waals surface area contributed by atoms with Crippen molar-refractivity contribution in [1.29, 1.82) is 0 Å². The predicted octanol–water partition coefficient (Wildman–Crippen LogP) is 5.07. The van der Waals surface area contributed by atoms with Gasteiger partial charge in [-0.05, 0) is 42.5 Å². The lowest BCUT2D eigenvalue weighted by Crippen LogP contribution is -3.00. The number of halogens is 1. The molecule has 7 rings (SSSR count). The van der Waals surface area contributed by atoms with Crippen molar-refractivity contribution in [2.45, 2.75) is 6.54 Å². The molecule has 2 aromatic heterocycles. The van der Waals surface area contributed by atoms with Gasteiger partial charge in [0.05, 0.1) is 26.5 Å². The van der Waals surface area contributed by atoms with Crippen LogP contribution in [0.3, 0.4) is 0 Å². The molecule has 4 aromatic carbocycles. The van der Waals surface area contributed by atoms with Crippen molar-refractivity contribution in [2.24, 2.45) is 0 Å². The predicted molar refractivity (Wildman–Crippen MR) is 178 cm³/mol. The topological polar surface area (TPSA) is 58.5 Å². The van der Waals surface area contributed by atoms with Crippen LogP contribution in [0.5, 0.6) is 0 Å². The number of fused-ring (bicyclic) bond motifs is 1. The lowest BCUT2D eigenvalue weighted by atomic mass is 10.0. The first-order valence-electron chi connectivity index (χ1n) is 14.7. The highest BCUT2D eigenvalue weighted by molar-refractivity contribution is 5.66. The molecule has 0 aliphatic carbocycles. The number of nitrogens with zero attached hydrogens (tertiary/aromatic N) is 5. The molecule has 8 heteroatoms. The van der Waals surface area contributed by atoms with Crippen LogP contribution in [0.4, 0.5) is 11.4 Å². The summed E-state index contributed by atoms with van der Waals surface area (Å²) < 4.78 is 12.8. The number of rotatable bonds is 5. The van der Waals surface area contributed by atoms with Gasteiger partial charge in [-0.15, -0.1) is 0 Å². The third-order valence-corrected chi connectivity index (χ3v) is 7.69. The Morgan fingerprint density at radius 3 is 1.71 bits per heavy atom. The first kappa shape index (κ1) is 31.6. The number of aromatic nitrogens is 2. The maximum Gasteiger partial charge on any atom is 0.226 e. The van der Waals surface area contributed by atoms with Gasteiger partial charge in [0.2, 0.25) is 11.8 Å². The molecule has 0 saturated heterocycles. The molecule has 3 heterocycles. The van der Waals surface area contributed by atoms with Crippen LogP contribution in [-0.2, 0) is 6.54 Å². The standard InChI is InChI=1S/C20H22N3O.C17H16N2O.ClH/c1-22-14-23(2,3)13-17-11-16(9-10-18(17)22)20-21-12-19(24-20)15-7-5-4-6-8-15;1-19(2)15-10-8-14(9-11-15)17-18-12-16(20-17)13-6-4-3-5-7-13;/h4-12H,13-14H2,1-3H3;3-12H,1-2H3;1H/q+1;;/p-1. The Kier molecular flexibility index (Phi) is 9.42. The van der Waals surface area contributed by atoms with Gasteiger partial charge >= 0.3 is 0 Å². The minimum Gasteiger partial charge on any atom is -1.00 e. The van der Waals surface area contributed by atoms with Crippen LogP contribution < -0.4 is 22.2 Å². The lowest BCUT2D eigenvalue weighted by Gasteiger charge is -2.40. The third kappa shape index (κ3) is 7.28. The molecule has 1 aliphatic heterocycles. The smallest absolute Gasteiger partial charge is 0.226 e. The summed E-state index contributed by atoms with van der Waals surface area (Å²) in [5, 5.41) is 0. The molecule has 0 amide bonds. The summed E-state index contributed by atoms with van der Waals surface area (Å²) in [6.45, 7) is 2.03. The number of anilines is 2. The van der Waals surface area contributed by atoms with Crippen LogP contribution >= 0.6 is 0 Å². The zero-order chi connectivity index (χ0) is 30.7. The van der Waals surface area contributed by atoms with E-state index in [1.165, 1.54) is 11.3 Å². The Bertz CT molecular complexity index is 1830. The summed E-state index contributed by atoms with van der Waals surface area (Å²) in [5.74, 6) is 2.91. The summed E-state index contributed by atoms with van der Waals surface area (Å²) in [4.78, 5) is 13.2. The second kappa shape index (κ2) is 13.4. The van der Waals surface area contributed by atoms with E-state index in [9.17, 15) is 0 Å². The fourth-order valence-corrected chi connectivity index (χ4v) is 5.57. The number of quaternary nitrogens is 1. The van der Waals surface area contributed by atoms with E-state index in [1.807, 2.05) is 86.9 Å². The normalized spacial score (nSPS) is 13.2. The second-order valence-corrected chi connectivity index (χ2v) is 12.0. The summed E-state index contributed by atoms with van der Waals surface area (Å²) in [5.41, 5.74) is 7.90. The van der Waals surface area contributed by atoms with Crippen molar-refractivity contribution in [3.8, 4) is 45.6 Å². The van der Waals surface area contributed by atoms with Crippen molar-refractivity contribution in [1.82, 2.24) is 9.97 Å². The summed E-state index contributed by atoms with van der Waals surface area (Å²) in [6.07, 6.45) is 3.57. The number of hydrogen-bond donors (Lipinski definition) is 0. The van der Waals surface area contributed by atoms with Gasteiger partial charge in [0.1, 0.15) is 6.54 Å². The Labute approximate surface area is 271 Å². The van der Waals surface area contributed by atoms with Crippen LogP contribution in [0.25, 0.3) is 45.6 Å². The van der Waals surface area contributed by atoms with Crippen LogP contribution in [0.15, 0.2) is 124 Å². The minimum absolute atomic E-state index is 0. The Morgan fingerprint density at radius 1 is 0.667 bits per heavy atom. The van der Waals surface area contributed by atoms with Crippen LogP contribution in [0.1, 0.15) is 5.56 Å².